The Morgan fingerprint density at radius 3 is 2.31 bits per heavy atom. The molecular weight excluding hydrogens is 461 g/mol. The number of rotatable bonds is 6. The molecule has 0 radical (unpaired) electrons. The average Bonchev–Trinajstić information content (AvgIpc) is 2.77. The first-order chi connectivity index (χ1) is 15.1. The minimum atomic E-state index is -2.44. The zero-order valence-corrected chi connectivity index (χ0v) is 18.5. The van der Waals surface area contributed by atoms with Gasteiger partial charge in [-0.2, -0.15) is 0 Å². The lowest BCUT2D eigenvalue weighted by Gasteiger charge is -2.40. The predicted molar refractivity (Wildman–Crippen MR) is 119 cm³/mol. The van der Waals surface area contributed by atoms with Crippen LogP contribution in [0.4, 0.5) is 20.2 Å². The van der Waals surface area contributed by atoms with Crippen LogP contribution in [0.1, 0.15) is 18.1 Å². The van der Waals surface area contributed by atoms with Crippen molar-refractivity contribution in [2.75, 3.05) is 10.2 Å². The number of aryl methyl sites for hydroxylation is 1. The Labute approximate surface area is 193 Å². The quantitative estimate of drug-likeness (QED) is 0.505. The van der Waals surface area contributed by atoms with Gasteiger partial charge < -0.3 is 5.32 Å². The number of hydrogen-bond acceptors (Lipinski definition) is 4. The first-order valence-corrected chi connectivity index (χ1v) is 10.2. The van der Waals surface area contributed by atoms with E-state index < -0.39 is 28.8 Å². The standard InChI is InChI=1S/C22H18Cl2F2N4O2/c1-13-3-6-16(7-4-13)30(20(31)19(24)26)22(2,14-10-27-12-28-11-14)21(32)29-18-8-5-15(23)9-17(18)25/h3-12,19H,1-2H3,(H,29,32)/t19-,22-/m0/s1. The van der Waals surface area contributed by atoms with Crippen molar-refractivity contribution < 1.29 is 18.4 Å². The number of alkyl halides is 2. The number of nitrogens with one attached hydrogen (secondary N) is 1. The predicted octanol–water partition coefficient (Wildman–Crippen LogP) is 5.00. The number of hydrogen-bond donors (Lipinski definition) is 1. The number of anilines is 2. The molecule has 0 unspecified atom stereocenters. The molecule has 3 rings (SSSR count). The molecule has 0 spiro atoms. The summed E-state index contributed by atoms with van der Waals surface area (Å²) in [5.74, 6) is -2.82. The highest BCUT2D eigenvalue weighted by atomic mass is 35.5. The summed E-state index contributed by atoms with van der Waals surface area (Å²) in [6.07, 6.45) is 3.85. The van der Waals surface area contributed by atoms with E-state index in [9.17, 15) is 18.4 Å². The molecule has 1 N–H and O–H groups in total. The largest absolute Gasteiger partial charge is 0.321 e. The Kier molecular flexibility index (Phi) is 7.06. The lowest BCUT2D eigenvalue weighted by atomic mass is 9.89. The molecule has 0 saturated carbocycles. The van der Waals surface area contributed by atoms with Gasteiger partial charge in [-0.05, 0) is 44.2 Å². The van der Waals surface area contributed by atoms with Crippen LogP contribution in [-0.4, -0.2) is 27.4 Å². The van der Waals surface area contributed by atoms with Gasteiger partial charge in [0.2, 0.25) is 0 Å². The third kappa shape index (κ3) is 4.71. The average molecular weight is 479 g/mol. The molecule has 0 saturated heterocycles. The Balaban J connectivity index is 2.18. The first-order valence-electron chi connectivity index (χ1n) is 9.35. The van der Waals surface area contributed by atoms with Crippen LogP contribution in [0.15, 0.2) is 61.2 Å². The highest BCUT2D eigenvalue weighted by Gasteiger charge is 2.47. The van der Waals surface area contributed by atoms with E-state index in [1.54, 1.807) is 24.3 Å². The summed E-state index contributed by atoms with van der Waals surface area (Å²) in [7, 11) is 0. The lowest BCUT2D eigenvalue weighted by Crippen LogP contribution is -2.57. The zero-order valence-electron chi connectivity index (χ0n) is 17.0. The van der Waals surface area contributed by atoms with Crippen molar-refractivity contribution in [2.45, 2.75) is 25.0 Å². The number of benzene rings is 2. The summed E-state index contributed by atoms with van der Waals surface area (Å²) in [6.45, 7) is 3.20. The molecule has 0 aliphatic carbocycles. The van der Waals surface area contributed by atoms with Crippen molar-refractivity contribution in [1.29, 1.82) is 0 Å². The molecule has 0 aliphatic heterocycles. The smallest absolute Gasteiger partial charge is 0.278 e. The molecular formula is C22H18Cl2F2N4O2. The molecule has 166 valence electrons. The van der Waals surface area contributed by atoms with Crippen LogP contribution in [0, 0.1) is 12.7 Å². The van der Waals surface area contributed by atoms with Crippen LogP contribution in [0.5, 0.6) is 0 Å². The number of nitrogens with zero attached hydrogens (tertiary/aromatic N) is 3. The summed E-state index contributed by atoms with van der Waals surface area (Å²) < 4.78 is 28.5. The van der Waals surface area contributed by atoms with E-state index >= 15 is 0 Å². The second-order valence-electron chi connectivity index (χ2n) is 7.09. The van der Waals surface area contributed by atoms with Gasteiger partial charge in [-0.15, -0.1) is 0 Å². The Morgan fingerprint density at radius 2 is 1.75 bits per heavy atom. The minimum absolute atomic E-state index is 0.138. The first kappa shape index (κ1) is 23.6. The second-order valence-corrected chi connectivity index (χ2v) is 7.91. The molecule has 0 fully saturated rings. The second kappa shape index (κ2) is 9.58. The monoisotopic (exact) mass is 478 g/mol. The van der Waals surface area contributed by atoms with Crippen LogP contribution >= 0.6 is 23.2 Å². The fourth-order valence-corrected chi connectivity index (χ4v) is 3.40. The van der Waals surface area contributed by atoms with Gasteiger partial charge in [0, 0.05) is 28.7 Å². The molecule has 6 nitrogen and oxygen atoms in total. The molecule has 10 heteroatoms. The van der Waals surface area contributed by atoms with Crippen LogP contribution in [0.3, 0.4) is 0 Å². The Morgan fingerprint density at radius 1 is 1.12 bits per heavy atom. The van der Waals surface area contributed by atoms with Crippen LogP contribution in [0.2, 0.25) is 5.02 Å². The van der Waals surface area contributed by atoms with Crippen molar-refractivity contribution in [3.05, 3.63) is 83.2 Å². The normalized spacial score (nSPS) is 13.7. The fourth-order valence-electron chi connectivity index (χ4n) is 3.14. The van der Waals surface area contributed by atoms with Gasteiger partial charge in [0.15, 0.2) is 5.54 Å². The van der Waals surface area contributed by atoms with E-state index in [0.717, 1.165) is 16.5 Å². The highest BCUT2D eigenvalue weighted by Crippen LogP contribution is 2.36. The summed E-state index contributed by atoms with van der Waals surface area (Å²) in [6, 6.07) is 10.2. The van der Waals surface area contributed by atoms with Crippen molar-refractivity contribution in [2.24, 2.45) is 0 Å². The molecule has 32 heavy (non-hydrogen) atoms. The van der Waals surface area contributed by atoms with E-state index in [4.69, 9.17) is 23.2 Å². The van der Waals surface area contributed by atoms with E-state index in [2.05, 4.69) is 15.3 Å². The fraction of sp³-hybridized carbons (Fsp3) is 0.182. The minimum Gasteiger partial charge on any atom is -0.321 e. The SMILES string of the molecule is Cc1ccc(N(C(=O)[C@H](F)Cl)[C@](C)(C(=O)Nc2ccc(Cl)cc2F)c2cncnc2)cc1. The maximum Gasteiger partial charge on any atom is 0.278 e. The van der Waals surface area contributed by atoms with E-state index in [1.165, 1.54) is 37.8 Å². The van der Waals surface area contributed by atoms with Crippen LogP contribution in [0.25, 0.3) is 0 Å². The van der Waals surface area contributed by atoms with E-state index in [-0.39, 0.29) is 22.0 Å². The molecule has 0 bridgehead atoms. The van der Waals surface area contributed by atoms with Gasteiger partial charge in [0.25, 0.3) is 17.4 Å². The van der Waals surface area contributed by atoms with Crippen LogP contribution in [-0.2, 0) is 15.1 Å². The number of aromatic nitrogens is 2. The van der Waals surface area contributed by atoms with Gasteiger partial charge in [-0.1, -0.05) is 40.9 Å². The molecule has 1 aromatic heterocycles. The van der Waals surface area contributed by atoms with Crippen molar-refractivity contribution >= 4 is 46.4 Å². The van der Waals surface area contributed by atoms with Crippen molar-refractivity contribution in [3.63, 3.8) is 0 Å². The van der Waals surface area contributed by atoms with Gasteiger partial charge in [0.1, 0.15) is 12.1 Å². The molecule has 3 aromatic rings. The summed E-state index contributed by atoms with van der Waals surface area (Å²) in [5, 5.41) is 2.58. The summed E-state index contributed by atoms with van der Waals surface area (Å²) in [4.78, 5) is 35.2. The Hall–Kier alpha value is -3.10. The van der Waals surface area contributed by atoms with Gasteiger partial charge in [-0.3, -0.25) is 14.5 Å². The number of carbonyl (C=O) groups excluding carboxylic acids is 2. The Bertz CT molecular complexity index is 1130. The maximum absolute atomic E-state index is 14.4. The van der Waals surface area contributed by atoms with Gasteiger partial charge in [0.05, 0.1) is 5.69 Å². The topological polar surface area (TPSA) is 75.2 Å². The van der Waals surface area contributed by atoms with E-state index in [0.29, 0.717) is 0 Å². The van der Waals surface area contributed by atoms with Gasteiger partial charge >= 0.3 is 0 Å². The number of amides is 2. The number of halogens is 4. The van der Waals surface area contributed by atoms with Crippen molar-refractivity contribution in [1.82, 2.24) is 9.97 Å². The molecule has 2 amide bonds. The molecule has 1 heterocycles. The van der Waals surface area contributed by atoms with Crippen molar-refractivity contribution in [3.8, 4) is 0 Å². The third-order valence-corrected chi connectivity index (χ3v) is 5.31. The van der Waals surface area contributed by atoms with E-state index in [1.807, 2.05) is 6.92 Å². The third-order valence-electron chi connectivity index (χ3n) is 4.89. The maximum atomic E-state index is 14.4. The molecule has 2 aromatic carbocycles. The van der Waals surface area contributed by atoms with Crippen LogP contribution < -0.4 is 10.2 Å². The highest BCUT2D eigenvalue weighted by molar-refractivity contribution is 6.32. The summed E-state index contributed by atoms with van der Waals surface area (Å²) >= 11 is 11.3. The zero-order chi connectivity index (χ0) is 23.5. The summed E-state index contributed by atoms with van der Waals surface area (Å²) in [5.41, 5.74) is -3.30. The van der Waals surface area contributed by atoms with Gasteiger partial charge in [-0.25, -0.2) is 18.7 Å². The molecule has 2 atom stereocenters. The molecule has 0 aliphatic rings. The number of carbonyl (C=O) groups is 2. The lowest BCUT2D eigenvalue weighted by molar-refractivity contribution is -0.128.